The maximum absolute atomic E-state index is 12.1. The number of nitrogens with one attached hydrogen (secondary N) is 1. The van der Waals surface area contributed by atoms with Crippen LogP contribution in [0.4, 0.5) is 11.4 Å². The summed E-state index contributed by atoms with van der Waals surface area (Å²) in [6.45, 7) is 1.94. The van der Waals surface area contributed by atoms with E-state index in [-0.39, 0.29) is 5.91 Å². The molecule has 5 heteroatoms. The molecule has 3 rings (SSSR count). The molecule has 0 saturated heterocycles. The number of carbonyl (C=O) groups is 1. The summed E-state index contributed by atoms with van der Waals surface area (Å²) in [6.07, 6.45) is -0.127. The second kappa shape index (κ2) is 5.30. The Balaban J connectivity index is 1.83. The van der Waals surface area contributed by atoms with E-state index >= 15 is 0 Å². The van der Waals surface area contributed by atoms with Crippen LogP contribution in [0.2, 0.25) is 5.02 Å². The van der Waals surface area contributed by atoms with E-state index in [2.05, 4.69) is 5.32 Å². The lowest BCUT2D eigenvalue weighted by Crippen LogP contribution is -2.38. The number of nitrogens with two attached hydrogens (primary N) is 1. The number of benzene rings is 2. The summed E-state index contributed by atoms with van der Waals surface area (Å²) in [6, 6.07) is 10.9. The fraction of sp³-hybridized carbons (Fsp3) is 0.188. The second-order valence-electron chi connectivity index (χ2n) is 5.14. The van der Waals surface area contributed by atoms with Gasteiger partial charge in [-0.25, -0.2) is 0 Å². The van der Waals surface area contributed by atoms with E-state index in [1.54, 1.807) is 18.2 Å². The first-order valence-corrected chi connectivity index (χ1v) is 7.03. The van der Waals surface area contributed by atoms with Crippen molar-refractivity contribution in [2.75, 3.05) is 11.1 Å². The number of fused-ring (bicyclic) bond motifs is 1. The van der Waals surface area contributed by atoms with Gasteiger partial charge >= 0.3 is 0 Å². The molecule has 0 saturated carbocycles. The minimum absolute atomic E-state index is 0.163. The van der Waals surface area contributed by atoms with Gasteiger partial charge in [0.05, 0.1) is 5.69 Å². The first-order valence-electron chi connectivity index (χ1n) is 6.65. The number of amides is 1. The van der Waals surface area contributed by atoms with Crippen LogP contribution in [-0.4, -0.2) is 12.0 Å². The average molecular weight is 303 g/mol. The Kier molecular flexibility index (Phi) is 3.47. The predicted molar refractivity (Wildman–Crippen MR) is 83.8 cm³/mol. The van der Waals surface area contributed by atoms with Gasteiger partial charge in [-0.3, -0.25) is 4.79 Å². The van der Waals surface area contributed by atoms with Crippen molar-refractivity contribution in [1.29, 1.82) is 0 Å². The summed E-state index contributed by atoms with van der Waals surface area (Å²) in [5.41, 5.74) is 8.95. The summed E-state index contributed by atoms with van der Waals surface area (Å²) in [7, 11) is 0. The molecule has 2 aromatic carbocycles. The van der Waals surface area contributed by atoms with E-state index in [1.165, 1.54) is 0 Å². The molecule has 4 nitrogen and oxygen atoms in total. The molecule has 0 spiro atoms. The van der Waals surface area contributed by atoms with Crippen molar-refractivity contribution in [3.8, 4) is 5.75 Å². The van der Waals surface area contributed by atoms with Gasteiger partial charge in [-0.15, -0.1) is 0 Å². The number of anilines is 2. The van der Waals surface area contributed by atoms with Gasteiger partial charge in [0.2, 0.25) is 0 Å². The predicted octanol–water partition coefficient (Wildman–Crippen LogP) is 3.17. The molecule has 1 amide bonds. The van der Waals surface area contributed by atoms with Crippen LogP contribution in [0.5, 0.6) is 5.75 Å². The largest absolute Gasteiger partial charge is 0.478 e. The lowest BCUT2D eigenvalue weighted by atomic mass is 10.0. The fourth-order valence-electron chi connectivity index (χ4n) is 2.27. The summed E-state index contributed by atoms with van der Waals surface area (Å²) >= 11 is 6.11. The van der Waals surface area contributed by atoms with Crippen LogP contribution in [0.1, 0.15) is 11.1 Å². The average Bonchev–Trinajstić information content (AvgIpc) is 2.44. The summed E-state index contributed by atoms with van der Waals surface area (Å²) in [5.74, 6) is 0.432. The Bertz CT molecular complexity index is 715. The number of rotatable bonds is 2. The maximum Gasteiger partial charge on any atom is 0.265 e. The van der Waals surface area contributed by atoms with E-state index in [1.807, 2.05) is 25.1 Å². The molecule has 21 heavy (non-hydrogen) atoms. The molecule has 0 radical (unpaired) electrons. The van der Waals surface area contributed by atoms with Crippen molar-refractivity contribution in [1.82, 2.24) is 0 Å². The zero-order valence-corrected chi connectivity index (χ0v) is 12.3. The van der Waals surface area contributed by atoms with E-state index in [0.717, 1.165) is 11.1 Å². The van der Waals surface area contributed by atoms with Gasteiger partial charge in [-0.05, 0) is 36.2 Å². The molecule has 1 heterocycles. The molecule has 108 valence electrons. The normalized spacial score (nSPS) is 16.9. The number of aryl methyl sites for hydroxylation is 1. The van der Waals surface area contributed by atoms with Gasteiger partial charge in [0.15, 0.2) is 6.10 Å². The lowest BCUT2D eigenvalue weighted by molar-refractivity contribution is -0.123. The molecular formula is C16H15ClN2O2. The summed E-state index contributed by atoms with van der Waals surface area (Å²) in [4.78, 5) is 12.1. The van der Waals surface area contributed by atoms with Gasteiger partial charge in [-0.1, -0.05) is 23.7 Å². The van der Waals surface area contributed by atoms with Crippen molar-refractivity contribution in [2.24, 2.45) is 0 Å². The van der Waals surface area contributed by atoms with Crippen LogP contribution in [0.25, 0.3) is 0 Å². The minimum atomic E-state index is -0.585. The standard InChI is InChI=1S/C16H15ClN2O2/c1-9-2-3-10(6-12(9)17)7-15-16(20)19-13-5-4-11(18)8-14(13)21-15/h2-6,8,15H,7,18H2,1H3,(H,19,20). The third kappa shape index (κ3) is 2.81. The van der Waals surface area contributed by atoms with Crippen LogP contribution >= 0.6 is 11.6 Å². The number of hydrogen-bond acceptors (Lipinski definition) is 3. The van der Waals surface area contributed by atoms with Crippen LogP contribution in [0, 0.1) is 6.92 Å². The molecule has 1 aliphatic rings. The Morgan fingerprint density at radius 1 is 1.29 bits per heavy atom. The van der Waals surface area contributed by atoms with Crippen molar-refractivity contribution in [3.05, 3.63) is 52.5 Å². The fourth-order valence-corrected chi connectivity index (χ4v) is 2.47. The van der Waals surface area contributed by atoms with E-state index in [0.29, 0.717) is 28.6 Å². The first kappa shape index (κ1) is 13.8. The molecule has 0 aromatic heterocycles. The molecule has 2 aromatic rings. The van der Waals surface area contributed by atoms with Crippen LogP contribution < -0.4 is 15.8 Å². The topological polar surface area (TPSA) is 64.3 Å². The van der Waals surface area contributed by atoms with Crippen molar-refractivity contribution < 1.29 is 9.53 Å². The van der Waals surface area contributed by atoms with Crippen molar-refractivity contribution in [2.45, 2.75) is 19.4 Å². The van der Waals surface area contributed by atoms with Gasteiger partial charge < -0.3 is 15.8 Å². The van der Waals surface area contributed by atoms with E-state index < -0.39 is 6.10 Å². The van der Waals surface area contributed by atoms with Gasteiger partial charge in [0, 0.05) is 23.2 Å². The summed E-state index contributed by atoms with van der Waals surface area (Å²) < 4.78 is 5.76. The molecule has 1 unspecified atom stereocenters. The third-order valence-electron chi connectivity index (χ3n) is 3.48. The Morgan fingerprint density at radius 2 is 2.10 bits per heavy atom. The Hall–Kier alpha value is -2.20. The maximum atomic E-state index is 12.1. The van der Waals surface area contributed by atoms with Crippen LogP contribution in [0.15, 0.2) is 36.4 Å². The third-order valence-corrected chi connectivity index (χ3v) is 3.89. The molecule has 0 aliphatic carbocycles. The molecule has 1 aliphatic heterocycles. The number of carbonyl (C=O) groups excluding carboxylic acids is 1. The van der Waals surface area contributed by atoms with Crippen molar-refractivity contribution >= 4 is 28.9 Å². The smallest absolute Gasteiger partial charge is 0.265 e. The monoisotopic (exact) mass is 302 g/mol. The second-order valence-corrected chi connectivity index (χ2v) is 5.55. The number of nitrogen functional groups attached to an aromatic ring is 1. The SMILES string of the molecule is Cc1ccc(CC2Oc3cc(N)ccc3NC2=O)cc1Cl. The summed E-state index contributed by atoms with van der Waals surface area (Å²) in [5, 5.41) is 3.52. The minimum Gasteiger partial charge on any atom is -0.478 e. The van der Waals surface area contributed by atoms with Gasteiger partial charge in [-0.2, -0.15) is 0 Å². The Labute approximate surface area is 127 Å². The first-order chi connectivity index (χ1) is 10.0. The van der Waals surface area contributed by atoms with E-state index in [9.17, 15) is 4.79 Å². The molecule has 0 fully saturated rings. The molecule has 3 N–H and O–H groups in total. The van der Waals surface area contributed by atoms with Crippen molar-refractivity contribution in [3.63, 3.8) is 0 Å². The number of hydrogen-bond donors (Lipinski definition) is 2. The number of ether oxygens (including phenoxy) is 1. The zero-order chi connectivity index (χ0) is 15.0. The van der Waals surface area contributed by atoms with E-state index in [4.69, 9.17) is 22.1 Å². The lowest BCUT2D eigenvalue weighted by Gasteiger charge is -2.26. The van der Waals surface area contributed by atoms with Gasteiger partial charge in [0.25, 0.3) is 5.91 Å². The molecule has 0 bridgehead atoms. The molecule has 1 atom stereocenters. The zero-order valence-electron chi connectivity index (χ0n) is 11.5. The number of halogens is 1. The highest BCUT2D eigenvalue weighted by Gasteiger charge is 2.27. The van der Waals surface area contributed by atoms with Crippen LogP contribution in [0.3, 0.4) is 0 Å². The molecular weight excluding hydrogens is 288 g/mol. The van der Waals surface area contributed by atoms with Gasteiger partial charge in [0.1, 0.15) is 5.75 Å². The quantitative estimate of drug-likeness (QED) is 0.838. The Morgan fingerprint density at radius 3 is 2.86 bits per heavy atom. The highest BCUT2D eigenvalue weighted by molar-refractivity contribution is 6.31. The van der Waals surface area contributed by atoms with Crippen LogP contribution in [-0.2, 0) is 11.2 Å². The highest BCUT2D eigenvalue weighted by Crippen LogP contribution is 2.32. The highest BCUT2D eigenvalue weighted by atomic mass is 35.5.